The number of hydrogen-bond donors (Lipinski definition) is 1. The van der Waals surface area contributed by atoms with Crippen LogP contribution in [0.3, 0.4) is 0 Å². The van der Waals surface area contributed by atoms with Gasteiger partial charge in [0.25, 0.3) is 11.6 Å². The number of rotatable bonds is 9. The minimum atomic E-state index is -4.43. The maximum Gasteiger partial charge on any atom is 0.339 e. The van der Waals surface area contributed by atoms with Gasteiger partial charge in [0.2, 0.25) is 0 Å². The number of fused-ring (bicyclic) bond motifs is 1. The van der Waals surface area contributed by atoms with E-state index in [1.165, 1.54) is 36.5 Å². The molecule has 0 spiro atoms. The zero-order chi connectivity index (χ0) is 27.3. The van der Waals surface area contributed by atoms with Crippen LogP contribution in [0.4, 0.5) is 5.69 Å². The molecule has 1 N–H and O–H groups in total. The third-order valence-corrected chi connectivity index (χ3v) is 7.04. The van der Waals surface area contributed by atoms with E-state index in [0.717, 1.165) is 16.8 Å². The van der Waals surface area contributed by atoms with Crippen LogP contribution in [-0.4, -0.2) is 32.1 Å². The fraction of sp³-hybridized carbons (Fsp3) is 0.0769. The van der Waals surface area contributed by atoms with E-state index in [2.05, 4.69) is 26.5 Å². The first kappa shape index (κ1) is 26.8. The van der Waals surface area contributed by atoms with Crippen LogP contribution in [0, 0.1) is 10.1 Å². The van der Waals surface area contributed by atoms with Crippen molar-refractivity contribution in [1.29, 1.82) is 0 Å². The van der Waals surface area contributed by atoms with Crippen molar-refractivity contribution < 1.29 is 27.1 Å². The summed E-state index contributed by atoms with van der Waals surface area (Å²) >= 11 is 3.28. The number of carbonyl (C=O) groups excluding carboxylic acids is 1. The van der Waals surface area contributed by atoms with Crippen molar-refractivity contribution in [2.75, 3.05) is 6.61 Å². The van der Waals surface area contributed by atoms with Crippen LogP contribution in [0.25, 0.3) is 10.8 Å². The Morgan fingerprint density at radius 1 is 1.05 bits per heavy atom. The number of amides is 1. The number of halogens is 1. The fourth-order valence-corrected chi connectivity index (χ4v) is 5.12. The van der Waals surface area contributed by atoms with E-state index < -0.39 is 26.6 Å². The van der Waals surface area contributed by atoms with Gasteiger partial charge in [-0.15, -0.1) is 0 Å². The first-order chi connectivity index (χ1) is 18.2. The molecule has 1 amide bonds. The number of nitrogens with one attached hydrogen (secondary N) is 1. The molecular weight excluding hydrogens is 578 g/mol. The molecule has 0 aliphatic heterocycles. The lowest BCUT2D eigenvalue weighted by atomic mass is 10.1. The summed E-state index contributed by atoms with van der Waals surface area (Å²) in [4.78, 5) is 22.5. The quantitative estimate of drug-likeness (QED) is 0.117. The number of nitro benzene ring substituents is 1. The molecule has 38 heavy (non-hydrogen) atoms. The zero-order valence-corrected chi connectivity index (χ0v) is 22.2. The van der Waals surface area contributed by atoms with Crippen molar-refractivity contribution in [1.82, 2.24) is 5.43 Å². The van der Waals surface area contributed by atoms with Gasteiger partial charge in [0.1, 0.15) is 4.90 Å². The van der Waals surface area contributed by atoms with Crippen LogP contribution in [0.5, 0.6) is 11.5 Å². The van der Waals surface area contributed by atoms with Gasteiger partial charge < -0.3 is 8.92 Å². The molecule has 0 fully saturated rings. The molecule has 0 saturated heterocycles. The van der Waals surface area contributed by atoms with Gasteiger partial charge in [-0.1, -0.05) is 36.4 Å². The lowest BCUT2D eigenvalue weighted by molar-refractivity contribution is -0.385. The van der Waals surface area contributed by atoms with Crippen molar-refractivity contribution >= 4 is 54.6 Å². The number of hydrogen-bond acceptors (Lipinski definition) is 8. The van der Waals surface area contributed by atoms with E-state index in [4.69, 9.17) is 8.92 Å². The van der Waals surface area contributed by atoms with E-state index >= 15 is 0 Å². The molecule has 0 aromatic heterocycles. The third kappa shape index (κ3) is 6.15. The Morgan fingerprint density at radius 3 is 2.55 bits per heavy atom. The van der Waals surface area contributed by atoms with Gasteiger partial charge in [-0.25, -0.2) is 5.43 Å². The molecule has 194 valence electrons. The lowest BCUT2D eigenvalue weighted by Crippen LogP contribution is -2.17. The Bertz CT molecular complexity index is 1670. The molecule has 4 aromatic carbocycles. The van der Waals surface area contributed by atoms with Crippen LogP contribution in [0.1, 0.15) is 22.8 Å². The number of benzene rings is 4. The van der Waals surface area contributed by atoms with Crippen molar-refractivity contribution in [3.8, 4) is 11.5 Å². The largest absolute Gasteiger partial charge is 0.490 e. The van der Waals surface area contributed by atoms with E-state index in [0.29, 0.717) is 11.1 Å². The van der Waals surface area contributed by atoms with Crippen molar-refractivity contribution in [3.63, 3.8) is 0 Å². The molecule has 0 heterocycles. The summed E-state index contributed by atoms with van der Waals surface area (Å²) in [6.07, 6.45) is 1.37. The Kier molecular flexibility index (Phi) is 8.03. The summed E-state index contributed by atoms with van der Waals surface area (Å²) in [5.41, 5.74) is 2.98. The van der Waals surface area contributed by atoms with Gasteiger partial charge in [-0.05, 0) is 69.5 Å². The van der Waals surface area contributed by atoms with Gasteiger partial charge in [0.05, 0.1) is 22.2 Å². The molecule has 0 radical (unpaired) electrons. The predicted octanol–water partition coefficient (Wildman–Crippen LogP) is 5.44. The van der Waals surface area contributed by atoms with Gasteiger partial charge in [0.15, 0.2) is 11.5 Å². The summed E-state index contributed by atoms with van der Waals surface area (Å²) in [5.74, 6) is -0.465. The molecule has 0 saturated carbocycles. The molecule has 12 heteroatoms. The smallest absolute Gasteiger partial charge is 0.339 e. The summed E-state index contributed by atoms with van der Waals surface area (Å²) in [6, 6.07) is 20.5. The Balaban J connectivity index is 1.54. The minimum absolute atomic E-state index is 0.0817. The second-order valence-corrected chi connectivity index (χ2v) is 10.2. The number of nitro groups is 1. The Hall–Kier alpha value is -4.29. The van der Waals surface area contributed by atoms with E-state index in [1.807, 2.05) is 30.3 Å². The second-order valence-electron chi connectivity index (χ2n) is 7.82. The summed E-state index contributed by atoms with van der Waals surface area (Å²) < 4.78 is 36.8. The molecule has 0 unspecified atom stereocenters. The van der Waals surface area contributed by atoms with Gasteiger partial charge in [-0.2, -0.15) is 13.5 Å². The lowest BCUT2D eigenvalue weighted by Gasteiger charge is -2.14. The monoisotopic (exact) mass is 597 g/mol. The van der Waals surface area contributed by atoms with Gasteiger partial charge in [0, 0.05) is 17.7 Å². The number of ether oxygens (including phenoxy) is 1. The van der Waals surface area contributed by atoms with Crippen molar-refractivity contribution in [2.24, 2.45) is 5.10 Å². The molecule has 0 aliphatic carbocycles. The topological polar surface area (TPSA) is 137 Å². The zero-order valence-electron chi connectivity index (χ0n) is 19.8. The SMILES string of the molecule is CCOc1cc(/C=N\NC(=O)c2ccc3ccccc3c2)cc(Br)c1OS(=O)(=O)c1cccc([N+](=O)[O-])c1. The maximum absolute atomic E-state index is 12.8. The normalized spacial score (nSPS) is 11.4. The van der Waals surface area contributed by atoms with Gasteiger partial charge >= 0.3 is 10.1 Å². The van der Waals surface area contributed by atoms with E-state index in [9.17, 15) is 23.3 Å². The number of carbonyl (C=O) groups is 1. The highest BCUT2D eigenvalue weighted by atomic mass is 79.9. The highest BCUT2D eigenvalue weighted by molar-refractivity contribution is 9.10. The van der Waals surface area contributed by atoms with Crippen molar-refractivity contribution in [3.05, 3.63) is 105 Å². The first-order valence-electron chi connectivity index (χ1n) is 11.2. The second kappa shape index (κ2) is 11.4. The minimum Gasteiger partial charge on any atom is -0.490 e. The predicted molar refractivity (Wildman–Crippen MR) is 145 cm³/mol. The number of hydrazone groups is 1. The molecular formula is C26H20BrN3O7S. The van der Waals surface area contributed by atoms with Crippen LogP contribution >= 0.6 is 15.9 Å². The average molecular weight is 598 g/mol. The molecule has 0 bridgehead atoms. The van der Waals surface area contributed by atoms with Crippen LogP contribution in [0.15, 0.2) is 93.3 Å². The maximum atomic E-state index is 12.8. The Morgan fingerprint density at radius 2 is 1.82 bits per heavy atom. The number of non-ortho nitro benzene ring substituents is 1. The highest BCUT2D eigenvalue weighted by Gasteiger charge is 2.24. The molecule has 10 nitrogen and oxygen atoms in total. The summed E-state index contributed by atoms with van der Waals surface area (Å²) in [5, 5.41) is 17.0. The molecule has 0 aliphatic rings. The molecule has 4 aromatic rings. The van der Waals surface area contributed by atoms with Crippen molar-refractivity contribution in [2.45, 2.75) is 11.8 Å². The first-order valence-corrected chi connectivity index (χ1v) is 13.4. The average Bonchev–Trinajstić information content (AvgIpc) is 2.90. The number of nitrogens with zero attached hydrogens (tertiary/aromatic N) is 2. The van der Waals surface area contributed by atoms with Crippen LogP contribution < -0.4 is 14.3 Å². The summed E-state index contributed by atoms with van der Waals surface area (Å²) in [7, 11) is -4.43. The Labute approximate surface area is 226 Å². The van der Waals surface area contributed by atoms with Crippen LogP contribution in [0.2, 0.25) is 0 Å². The van der Waals surface area contributed by atoms with Gasteiger partial charge in [-0.3, -0.25) is 14.9 Å². The van der Waals surface area contributed by atoms with Crippen LogP contribution in [-0.2, 0) is 10.1 Å². The third-order valence-electron chi connectivity index (χ3n) is 5.23. The van der Waals surface area contributed by atoms with E-state index in [1.54, 1.807) is 19.1 Å². The summed E-state index contributed by atoms with van der Waals surface area (Å²) in [6.45, 7) is 1.90. The molecule has 4 rings (SSSR count). The highest BCUT2D eigenvalue weighted by Crippen LogP contribution is 2.38. The van der Waals surface area contributed by atoms with E-state index in [-0.39, 0.29) is 27.5 Å². The standard InChI is InChI=1S/C26H20BrN3O7S/c1-2-36-24-13-17(16-28-29-26(31)20-11-10-18-6-3-4-7-19(18)14-20)12-23(27)25(24)37-38(34,35)22-9-5-8-21(15-22)30(32)33/h3-16H,2H2,1H3,(H,29,31)/b28-16-. The fourth-order valence-electron chi connectivity index (χ4n) is 3.48. The molecule has 0 atom stereocenters.